The minimum absolute atomic E-state index is 0.118. The van der Waals surface area contributed by atoms with E-state index in [2.05, 4.69) is 15.9 Å². The number of benzene rings is 1. The van der Waals surface area contributed by atoms with Gasteiger partial charge in [0.15, 0.2) is 0 Å². The summed E-state index contributed by atoms with van der Waals surface area (Å²) in [6.45, 7) is -0.118. The van der Waals surface area contributed by atoms with Crippen LogP contribution in [0.5, 0.6) is 0 Å². The first-order chi connectivity index (χ1) is 7.60. The Morgan fingerprint density at radius 1 is 1.31 bits per heavy atom. The zero-order valence-electron chi connectivity index (χ0n) is 8.61. The van der Waals surface area contributed by atoms with Crippen molar-refractivity contribution in [1.82, 2.24) is 0 Å². The molecular weight excluding hydrogens is 295 g/mol. The largest absolute Gasteiger partial charge is 0.392 e. The third kappa shape index (κ3) is 3.43. The summed E-state index contributed by atoms with van der Waals surface area (Å²) >= 11 is 8.78. The van der Waals surface area contributed by atoms with Gasteiger partial charge < -0.3 is 15.3 Å². The standard InChI is InChI=1S/C11H14BrClO3/c12-9-2-1-7(5-8(9)6-14)11(16)10(15)3-4-13/h1-2,5,10-11,14-16H,3-4,6H2. The summed E-state index contributed by atoms with van der Waals surface area (Å²) in [6.07, 6.45) is -1.53. The average Bonchev–Trinajstić information content (AvgIpc) is 2.29. The number of aliphatic hydroxyl groups excluding tert-OH is 3. The van der Waals surface area contributed by atoms with Crippen LogP contribution in [0.25, 0.3) is 0 Å². The van der Waals surface area contributed by atoms with Crippen LogP contribution in [0.15, 0.2) is 22.7 Å². The lowest BCUT2D eigenvalue weighted by Gasteiger charge is -2.18. The van der Waals surface area contributed by atoms with Crippen molar-refractivity contribution in [2.75, 3.05) is 5.88 Å². The summed E-state index contributed by atoms with van der Waals surface area (Å²) in [5, 5.41) is 28.5. The molecule has 3 nitrogen and oxygen atoms in total. The highest BCUT2D eigenvalue weighted by molar-refractivity contribution is 9.10. The molecule has 0 saturated carbocycles. The van der Waals surface area contributed by atoms with Gasteiger partial charge in [0.05, 0.1) is 12.7 Å². The van der Waals surface area contributed by atoms with Crippen molar-refractivity contribution in [1.29, 1.82) is 0 Å². The molecule has 0 aliphatic rings. The lowest BCUT2D eigenvalue weighted by Crippen LogP contribution is -2.18. The van der Waals surface area contributed by atoms with E-state index in [9.17, 15) is 10.2 Å². The van der Waals surface area contributed by atoms with Crippen LogP contribution in [0.4, 0.5) is 0 Å². The third-order valence-electron chi connectivity index (χ3n) is 2.35. The van der Waals surface area contributed by atoms with Gasteiger partial charge in [-0.05, 0) is 29.7 Å². The van der Waals surface area contributed by atoms with Crippen molar-refractivity contribution < 1.29 is 15.3 Å². The Labute approximate surface area is 108 Å². The van der Waals surface area contributed by atoms with Crippen molar-refractivity contribution in [3.8, 4) is 0 Å². The van der Waals surface area contributed by atoms with Gasteiger partial charge in [-0.3, -0.25) is 0 Å². The second kappa shape index (κ2) is 6.57. The van der Waals surface area contributed by atoms with Crippen molar-refractivity contribution in [3.05, 3.63) is 33.8 Å². The molecule has 1 rings (SSSR count). The van der Waals surface area contributed by atoms with Crippen LogP contribution in [0.3, 0.4) is 0 Å². The fourth-order valence-electron chi connectivity index (χ4n) is 1.39. The van der Waals surface area contributed by atoms with E-state index in [1.54, 1.807) is 18.2 Å². The maximum absolute atomic E-state index is 9.83. The quantitative estimate of drug-likeness (QED) is 0.729. The summed E-state index contributed by atoms with van der Waals surface area (Å²) in [7, 11) is 0. The molecule has 0 bridgehead atoms. The van der Waals surface area contributed by atoms with Crippen LogP contribution in [0.1, 0.15) is 23.7 Å². The number of rotatable bonds is 5. The normalized spacial score (nSPS) is 14.8. The Hall–Kier alpha value is -0.130. The monoisotopic (exact) mass is 308 g/mol. The molecule has 0 saturated heterocycles. The Morgan fingerprint density at radius 2 is 2.00 bits per heavy atom. The number of aliphatic hydroxyl groups is 3. The Balaban J connectivity index is 2.87. The van der Waals surface area contributed by atoms with Crippen LogP contribution < -0.4 is 0 Å². The van der Waals surface area contributed by atoms with Crippen molar-refractivity contribution in [2.45, 2.75) is 25.2 Å². The van der Waals surface area contributed by atoms with E-state index in [0.717, 1.165) is 4.47 Å². The van der Waals surface area contributed by atoms with E-state index in [4.69, 9.17) is 16.7 Å². The molecule has 5 heteroatoms. The van der Waals surface area contributed by atoms with Gasteiger partial charge in [-0.2, -0.15) is 0 Å². The summed E-state index contributed by atoms with van der Waals surface area (Å²) < 4.78 is 0.776. The first-order valence-corrected chi connectivity index (χ1v) is 6.24. The first kappa shape index (κ1) is 13.9. The van der Waals surface area contributed by atoms with Crippen LogP contribution >= 0.6 is 27.5 Å². The summed E-state index contributed by atoms with van der Waals surface area (Å²) in [5.74, 6) is 0.293. The predicted octanol–water partition coefficient (Wildman–Crippen LogP) is 1.96. The molecule has 1 aromatic carbocycles. The van der Waals surface area contributed by atoms with Gasteiger partial charge >= 0.3 is 0 Å². The fraction of sp³-hybridized carbons (Fsp3) is 0.455. The highest BCUT2D eigenvalue weighted by atomic mass is 79.9. The van der Waals surface area contributed by atoms with E-state index in [0.29, 0.717) is 23.4 Å². The van der Waals surface area contributed by atoms with Crippen molar-refractivity contribution in [3.63, 3.8) is 0 Å². The van der Waals surface area contributed by atoms with Gasteiger partial charge in [0.1, 0.15) is 6.10 Å². The van der Waals surface area contributed by atoms with E-state index in [1.807, 2.05) is 0 Å². The maximum atomic E-state index is 9.83. The summed E-state index contributed by atoms with van der Waals surface area (Å²) in [5.41, 5.74) is 1.25. The lowest BCUT2D eigenvalue weighted by molar-refractivity contribution is 0.0169. The Kier molecular flexibility index (Phi) is 5.72. The van der Waals surface area contributed by atoms with E-state index < -0.39 is 12.2 Å². The molecule has 0 heterocycles. The van der Waals surface area contributed by atoms with Gasteiger partial charge in [0.25, 0.3) is 0 Å². The molecule has 0 aliphatic carbocycles. The number of alkyl halides is 1. The van der Waals surface area contributed by atoms with Gasteiger partial charge in [0, 0.05) is 10.4 Å². The second-order valence-corrected chi connectivity index (χ2v) is 4.73. The molecule has 3 N–H and O–H groups in total. The van der Waals surface area contributed by atoms with Crippen molar-refractivity contribution in [2.24, 2.45) is 0 Å². The van der Waals surface area contributed by atoms with Crippen LogP contribution in [-0.4, -0.2) is 27.3 Å². The predicted molar refractivity (Wildman–Crippen MR) is 66.4 cm³/mol. The molecule has 2 unspecified atom stereocenters. The zero-order chi connectivity index (χ0) is 12.1. The molecule has 0 aromatic heterocycles. The van der Waals surface area contributed by atoms with Crippen LogP contribution in [0, 0.1) is 0 Å². The molecule has 0 radical (unpaired) electrons. The summed E-state index contributed by atoms with van der Waals surface area (Å²) in [4.78, 5) is 0. The molecule has 90 valence electrons. The molecule has 0 amide bonds. The number of hydrogen-bond acceptors (Lipinski definition) is 3. The van der Waals surface area contributed by atoms with E-state index in [-0.39, 0.29) is 6.61 Å². The molecule has 2 atom stereocenters. The second-order valence-electron chi connectivity index (χ2n) is 3.50. The molecule has 0 spiro atoms. The molecule has 16 heavy (non-hydrogen) atoms. The smallest absolute Gasteiger partial charge is 0.105 e. The fourth-order valence-corrected chi connectivity index (χ4v) is 1.99. The maximum Gasteiger partial charge on any atom is 0.105 e. The van der Waals surface area contributed by atoms with E-state index in [1.165, 1.54) is 0 Å². The molecular formula is C11H14BrClO3. The highest BCUT2D eigenvalue weighted by Crippen LogP contribution is 2.25. The molecule has 0 aliphatic heterocycles. The third-order valence-corrected chi connectivity index (χ3v) is 3.34. The highest BCUT2D eigenvalue weighted by Gasteiger charge is 2.18. The van der Waals surface area contributed by atoms with Crippen LogP contribution in [-0.2, 0) is 6.61 Å². The van der Waals surface area contributed by atoms with Gasteiger partial charge in [0.2, 0.25) is 0 Å². The molecule has 0 fully saturated rings. The minimum atomic E-state index is -0.975. The number of hydrogen-bond donors (Lipinski definition) is 3. The topological polar surface area (TPSA) is 60.7 Å². The van der Waals surface area contributed by atoms with Gasteiger partial charge in [-0.1, -0.05) is 22.0 Å². The Morgan fingerprint density at radius 3 is 2.56 bits per heavy atom. The molecule has 1 aromatic rings. The Bertz CT molecular complexity index is 346. The van der Waals surface area contributed by atoms with E-state index >= 15 is 0 Å². The van der Waals surface area contributed by atoms with Crippen molar-refractivity contribution >= 4 is 27.5 Å². The van der Waals surface area contributed by atoms with Gasteiger partial charge in [-0.15, -0.1) is 11.6 Å². The minimum Gasteiger partial charge on any atom is -0.392 e. The van der Waals surface area contributed by atoms with Gasteiger partial charge in [-0.25, -0.2) is 0 Å². The zero-order valence-corrected chi connectivity index (χ0v) is 10.9. The number of halogens is 2. The average molecular weight is 310 g/mol. The SMILES string of the molecule is OCc1cc(C(O)C(O)CCCl)ccc1Br. The van der Waals surface area contributed by atoms with Crippen LogP contribution in [0.2, 0.25) is 0 Å². The first-order valence-electron chi connectivity index (χ1n) is 4.91. The summed E-state index contributed by atoms with van der Waals surface area (Å²) in [6, 6.07) is 5.09. The lowest BCUT2D eigenvalue weighted by atomic mass is 10.0.